The van der Waals surface area contributed by atoms with Crippen molar-refractivity contribution in [2.45, 2.75) is 19.4 Å². The minimum Gasteiger partial charge on any atom is -0.381 e. The van der Waals surface area contributed by atoms with Crippen LogP contribution in [0.5, 0.6) is 0 Å². The molecule has 1 saturated heterocycles. The van der Waals surface area contributed by atoms with Gasteiger partial charge in [0.15, 0.2) is 0 Å². The Morgan fingerprint density at radius 1 is 1.00 bits per heavy atom. The van der Waals surface area contributed by atoms with Crippen LogP contribution in [0.1, 0.15) is 18.4 Å². The van der Waals surface area contributed by atoms with E-state index in [1.54, 1.807) is 6.07 Å². The molecular formula is C17H18Cl2N2. The molecule has 1 aliphatic rings. The fraction of sp³-hybridized carbons (Fsp3) is 0.294. The van der Waals surface area contributed by atoms with Crippen molar-refractivity contribution in [1.29, 1.82) is 0 Å². The zero-order valence-corrected chi connectivity index (χ0v) is 13.3. The first-order valence-corrected chi connectivity index (χ1v) is 8.01. The molecule has 3 rings (SSSR count). The maximum Gasteiger partial charge on any atom is 0.0642 e. The second-order valence-electron chi connectivity index (χ2n) is 5.31. The number of hydrogen-bond acceptors (Lipinski definition) is 2. The quantitative estimate of drug-likeness (QED) is 0.832. The van der Waals surface area contributed by atoms with Gasteiger partial charge in [-0.3, -0.25) is 0 Å². The number of hydrogen-bond donors (Lipinski definition) is 1. The minimum absolute atomic E-state index is 0.599. The van der Waals surface area contributed by atoms with Gasteiger partial charge >= 0.3 is 0 Å². The average molecular weight is 321 g/mol. The molecular weight excluding hydrogens is 303 g/mol. The van der Waals surface area contributed by atoms with E-state index in [-0.39, 0.29) is 0 Å². The third kappa shape index (κ3) is 3.45. The van der Waals surface area contributed by atoms with Gasteiger partial charge in [0.05, 0.1) is 10.0 Å². The molecule has 0 radical (unpaired) electrons. The van der Waals surface area contributed by atoms with Crippen LogP contribution in [0.3, 0.4) is 0 Å². The Bertz CT molecular complexity index is 622. The predicted molar refractivity (Wildman–Crippen MR) is 91.7 cm³/mol. The van der Waals surface area contributed by atoms with E-state index in [4.69, 9.17) is 23.2 Å². The summed E-state index contributed by atoms with van der Waals surface area (Å²) < 4.78 is 0. The monoisotopic (exact) mass is 320 g/mol. The second-order valence-corrected chi connectivity index (χ2v) is 6.10. The van der Waals surface area contributed by atoms with Gasteiger partial charge in [-0.15, -0.1) is 0 Å². The van der Waals surface area contributed by atoms with Gasteiger partial charge < -0.3 is 10.2 Å². The second kappa shape index (κ2) is 6.59. The molecule has 0 aromatic heterocycles. The molecule has 2 nitrogen and oxygen atoms in total. The van der Waals surface area contributed by atoms with E-state index < -0.39 is 0 Å². The summed E-state index contributed by atoms with van der Waals surface area (Å²) in [4.78, 5) is 2.43. The van der Waals surface area contributed by atoms with Crippen LogP contribution in [-0.2, 0) is 6.54 Å². The molecule has 0 unspecified atom stereocenters. The van der Waals surface area contributed by atoms with Crippen molar-refractivity contribution in [2.75, 3.05) is 23.3 Å². The molecule has 2 aromatic rings. The van der Waals surface area contributed by atoms with Crippen molar-refractivity contribution in [2.24, 2.45) is 0 Å². The summed E-state index contributed by atoms with van der Waals surface area (Å²) in [6, 6.07) is 14.3. The molecule has 0 amide bonds. The predicted octanol–water partition coefficient (Wildman–Crippen LogP) is 5.21. The van der Waals surface area contributed by atoms with E-state index in [0.29, 0.717) is 16.6 Å². The third-order valence-corrected chi connectivity index (χ3v) is 4.69. The molecule has 0 aliphatic carbocycles. The van der Waals surface area contributed by atoms with Crippen LogP contribution in [0.15, 0.2) is 42.5 Å². The Kier molecular flexibility index (Phi) is 4.57. The SMILES string of the molecule is Clc1cccc(CNc2cccc(N3CCCC3)c2)c1Cl. The number of halogens is 2. The van der Waals surface area contributed by atoms with Crippen LogP contribution < -0.4 is 10.2 Å². The Labute approximate surface area is 135 Å². The first-order valence-electron chi connectivity index (χ1n) is 7.26. The van der Waals surface area contributed by atoms with Gasteiger partial charge in [-0.25, -0.2) is 0 Å². The van der Waals surface area contributed by atoms with Gasteiger partial charge in [-0.1, -0.05) is 41.4 Å². The number of benzene rings is 2. The lowest BCUT2D eigenvalue weighted by Gasteiger charge is -2.18. The van der Waals surface area contributed by atoms with Crippen molar-refractivity contribution in [3.63, 3.8) is 0 Å². The van der Waals surface area contributed by atoms with Crippen molar-refractivity contribution >= 4 is 34.6 Å². The first kappa shape index (κ1) is 14.6. The minimum atomic E-state index is 0.599. The lowest BCUT2D eigenvalue weighted by atomic mass is 10.2. The van der Waals surface area contributed by atoms with Crippen molar-refractivity contribution in [3.8, 4) is 0 Å². The van der Waals surface area contributed by atoms with Gasteiger partial charge in [0.25, 0.3) is 0 Å². The number of anilines is 2. The highest BCUT2D eigenvalue weighted by Gasteiger charge is 2.12. The summed E-state index contributed by atoms with van der Waals surface area (Å²) in [5.41, 5.74) is 3.40. The Balaban J connectivity index is 1.70. The molecule has 1 N–H and O–H groups in total. The molecule has 0 saturated carbocycles. The zero-order chi connectivity index (χ0) is 14.7. The summed E-state index contributed by atoms with van der Waals surface area (Å²) in [7, 11) is 0. The van der Waals surface area contributed by atoms with Crippen LogP contribution >= 0.6 is 23.2 Å². The van der Waals surface area contributed by atoms with Gasteiger partial charge in [-0.2, -0.15) is 0 Å². The molecule has 1 aliphatic heterocycles. The average Bonchev–Trinajstić information content (AvgIpc) is 3.03. The number of nitrogens with one attached hydrogen (secondary N) is 1. The molecule has 2 aromatic carbocycles. The number of rotatable bonds is 4. The highest BCUT2D eigenvalue weighted by Crippen LogP contribution is 2.27. The largest absolute Gasteiger partial charge is 0.381 e. The molecule has 110 valence electrons. The molecule has 21 heavy (non-hydrogen) atoms. The lowest BCUT2D eigenvalue weighted by molar-refractivity contribution is 0.949. The van der Waals surface area contributed by atoms with Crippen molar-refractivity contribution in [3.05, 3.63) is 58.1 Å². The summed E-state index contributed by atoms with van der Waals surface area (Å²) in [5.74, 6) is 0. The molecule has 0 atom stereocenters. The van der Waals surface area contributed by atoms with Crippen LogP contribution in [0.4, 0.5) is 11.4 Å². The summed E-state index contributed by atoms with van der Waals surface area (Å²) >= 11 is 12.3. The summed E-state index contributed by atoms with van der Waals surface area (Å²) in [6.45, 7) is 2.98. The first-order chi connectivity index (χ1) is 10.2. The van der Waals surface area contributed by atoms with Crippen LogP contribution in [0.25, 0.3) is 0 Å². The van der Waals surface area contributed by atoms with E-state index >= 15 is 0 Å². The number of nitrogens with zero attached hydrogens (tertiary/aromatic N) is 1. The fourth-order valence-corrected chi connectivity index (χ4v) is 3.06. The van der Waals surface area contributed by atoms with E-state index in [1.165, 1.54) is 18.5 Å². The van der Waals surface area contributed by atoms with Gasteiger partial charge in [0, 0.05) is 31.0 Å². The van der Waals surface area contributed by atoms with E-state index in [0.717, 1.165) is 24.3 Å². The third-order valence-electron chi connectivity index (χ3n) is 3.83. The maximum atomic E-state index is 6.21. The molecule has 1 fully saturated rings. The normalized spacial score (nSPS) is 14.5. The molecule has 4 heteroatoms. The van der Waals surface area contributed by atoms with Gasteiger partial charge in [-0.05, 0) is 42.7 Å². The highest BCUT2D eigenvalue weighted by atomic mass is 35.5. The summed E-state index contributed by atoms with van der Waals surface area (Å²) in [6.07, 6.45) is 2.57. The molecule has 0 spiro atoms. The maximum absolute atomic E-state index is 6.21. The van der Waals surface area contributed by atoms with E-state index in [2.05, 4.69) is 34.5 Å². The zero-order valence-electron chi connectivity index (χ0n) is 11.8. The molecule has 0 bridgehead atoms. The van der Waals surface area contributed by atoms with E-state index in [9.17, 15) is 0 Å². The van der Waals surface area contributed by atoms with Crippen molar-refractivity contribution in [1.82, 2.24) is 0 Å². The van der Waals surface area contributed by atoms with Crippen LogP contribution in [0, 0.1) is 0 Å². The fourth-order valence-electron chi connectivity index (χ4n) is 2.67. The van der Waals surface area contributed by atoms with Crippen LogP contribution in [-0.4, -0.2) is 13.1 Å². The topological polar surface area (TPSA) is 15.3 Å². The summed E-state index contributed by atoms with van der Waals surface area (Å²) in [5, 5.41) is 4.65. The Morgan fingerprint density at radius 2 is 1.76 bits per heavy atom. The van der Waals surface area contributed by atoms with Gasteiger partial charge in [0.2, 0.25) is 0 Å². The Hall–Kier alpha value is -1.38. The van der Waals surface area contributed by atoms with Crippen LogP contribution in [0.2, 0.25) is 10.0 Å². The molecule has 1 heterocycles. The van der Waals surface area contributed by atoms with Crippen molar-refractivity contribution < 1.29 is 0 Å². The smallest absolute Gasteiger partial charge is 0.0642 e. The Morgan fingerprint density at radius 3 is 2.57 bits per heavy atom. The van der Waals surface area contributed by atoms with E-state index in [1.807, 2.05) is 12.1 Å². The standard InChI is InChI=1S/C17H18Cl2N2/c18-16-8-3-5-13(17(16)19)12-20-14-6-4-7-15(11-14)21-9-1-2-10-21/h3-8,11,20H,1-2,9-10,12H2. The highest BCUT2D eigenvalue weighted by molar-refractivity contribution is 6.42. The van der Waals surface area contributed by atoms with Gasteiger partial charge in [0.1, 0.15) is 0 Å². The lowest BCUT2D eigenvalue weighted by Crippen LogP contribution is -2.17.